The zero-order valence-corrected chi connectivity index (χ0v) is 5.90. The van der Waals surface area contributed by atoms with Crippen molar-refractivity contribution in [2.24, 2.45) is 0 Å². The van der Waals surface area contributed by atoms with Gasteiger partial charge in [-0.1, -0.05) is 0 Å². The van der Waals surface area contributed by atoms with Gasteiger partial charge in [-0.25, -0.2) is 0 Å². The molecule has 0 amide bonds. The Morgan fingerprint density at radius 2 is 2.22 bits per heavy atom. The number of aliphatic hydroxyl groups is 1. The van der Waals surface area contributed by atoms with Crippen molar-refractivity contribution in [3.05, 3.63) is 0 Å². The van der Waals surface area contributed by atoms with Gasteiger partial charge in [0.2, 0.25) is 0 Å². The monoisotopic (exact) mass is 143 g/mol. The first kappa shape index (κ1) is 4.99. The van der Waals surface area contributed by atoms with E-state index in [0.29, 0.717) is 10.8 Å². The van der Waals surface area contributed by atoms with Gasteiger partial charge >= 0.3 is 0 Å². The second-order valence-corrected chi connectivity index (χ2v) is 4.46. The summed E-state index contributed by atoms with van der Waals surface area (Å²) in [5.41, 5.74) is 0.530. The topological polar surface area (TPSA) is 23.2 Å². The quantitative estimate of drug-likeness (QED) is 0.502. The maximum atomic E-state index is 9.26. The lowest BCUT2D eigenvalue weighted by Gasteiger charge is -2.32. The van der Waals surface area contributed by atoms with Crippen LogP contribution in [0.4, 0.5) is 0 Å². The van der Waals surface area contributed by atoms with Crippen molar-refractivity contribution in [2.45, 2.75) is 16.9 Å². The smallest absolute Gasteiger partial charge is 0.0768 e. The molecule has 0 spiro atoms. The van der Waals surface area contributed by atoms with Crippen LogP contribution in [0.1, 0.15) is 0 Å². The van der Waals surface area contributed by atoms with Crippen LogP contribution in [0.5, 0.6) is 0 Å². The Labute approximate surface area is 58.2 Å². The molecule has 3 heterocycles. The minimum Gasteiger partial charge on any atom is -0.391 e. The second-order valence-electron chi connectivity index (χ2n) is 3.28. The predicted octanol–water partition coefficient (Wildman–Crippen LogP) is -0.469. The van der Waals surface area contributed by atoms with E-state index >= 15 is 0 Å². The fourth-order valence-electron chi connectivity index (χ4n) is 1.70. The number of fused-ring (bicyclic) bond motifs is 1. The van der Waals surface area contributed by atoms with Gasteiger partial charge in [-0.15, -0.1) is 0 Å². The van der Waals surface area contributed by atoms with Crippen LogP contribution in [0.15, 0.2) is 0 Å². The fraction of sp³-hybridized carbons (Fsp3) is 1.00. The number of aliphatic hydroxyl groups excluding tert-OH is 1. The Morgan fingerprint density at radius 3 is 2.33 bits per heavy atom. The maximum Gasteiger partial charge on any atom is 0.0768 e. The van der Waals surface area contributed by atoms with E-state index < -0.39 is 0 Å². The lowest BCUT2D eigenvalue weighted by atomic mass is 10.1. The predicted molar refractivity (Wildman–Crippen MR) is 36.6 cm³/mol. The van der Waals surface area contributed by atoms with Crippen molar-refractivity contribution in [3.63, 3.8) is 0 Å². The van der Waals surface area contributed by atoms with Crippen LogP contribution < -0.4 is 0 Å². The molecule has 0 saturated carbocycles. The standard InChI is InChI=1S/C6H9NOS/c8-4-1-9-5(4)6-2-7(6)3-6/h4-5,8H,1-3H2. The summed E-state index contributed by atoms with van der Waals surface area (Å²) in [6.07, 6.45) is 0.0162. The molecule has 3 saturated heterocycles. The van der Waals surface area contributed by atoms with E-state index in [1.165, 1.54) is 13.1 Å². The maximum absolute atomic E-state index is 9.26. The highest BCUT2D eigenvalue weighted by Gasteiger charge is 2.74. The molecule has 2 nitrogen and oxygen atoms in total. The lowest BCUT2D eigenvalue weighted by Crippen LogP contribution is -2.44. The molecule has 1 N–H and O–H groups in total. The van der Waals surface area contributed by atoms with E-state index in [1.807, 2.05) is 11.8 Å². The van der Waals surface area contributed by atoms with Crippen LogP contribution in [-0.2, 0) is 0 Å². The van der Waals surface area contributed by atoms with Gasteiger partial charge in [-0.3, -0.25) is 4.90 Å². The third kappa shape index (κ3) is 0.437. The fourth-order valence-corrected chi connectivity index (χ4v) is 2.86. The van der Waals surface area contributed by atoms with Gasteiger partial charge in [0.15, 0.2) is 0 Å². The summed E-state index contributed by atoms with van der Waals surface area (Å²) in [4.78, 5) is 2.42. The summed E-state index contributed by atoms with van der Waals surface area (Å²) in [7, 11) is 0. The molecule has 0 aromatic rings. The largest absolute Gasteiger partial charge is 0.391 e. The van der Waals surface area contributed by atoms with Crippen molar-refractivity contribution < 1.29 is 5.11 Å². The first-order valence-electron chi connectivity index (χ1n) is 3.38. The molecule has 3 aliphatic rings. The van der Waals surface area contributed by atoms with Crippen LogP contribution in [0, 0.1) is 0 Å². The van der Waals surface area contributed by atoms with E-state index in [1.54, 1.807) is 0 Å². The van der Waals surface area contributed by atoms with Gasteiger partial charge in [0, 0.05) is 18.8 Å². The molecule has 3 heteroatoms. The Hall–Kier alpha value is 0.270. The van der Waals surface area contributed by atoms with Crippen LogP contribution >= 0.6 is 11.8 Å². The van der Waals surface area contributed by atoms with Crippen molar-refractivity contribution in [3.8, 4) is 0 Å². The highest BCUT2D eigenvalue weighted by atomic mass is 32.2. The van der Waals surface area contributed by atoms with Crippen LogP contribution in [0.3, 0.4) is 0 Å². The molecule has 3 aliphatic heterocycles. The van der Waals surface area contributed by atoms with Crippen LogP contribution in [0.2, 0.25) is 0 Å². The Balaban J connectivity index is 1.79. The van der Waals surface area contributed by atoms with Crippen molar-refractivity contribution >= 4 is 11.8 Å². The second kappa shape index (κ2) is 1.18. The summed E-state index contributed by atoms with van der Waals surface area (Å²) in [6.45, 7) is 2.53. The molecular formula is C6H9NOS. The lowest BCUT2D eigenvalue weighted by molar-refractivity contribution is 0.175. The van der Waals surface area contributed by atoms with Gasteiger partial charge in [0.25, 0.3) is 0 Å². The zero-order chi connectivity index (χ0) is 6.06. The minimum absolute atomic E-state index is 0.0162. The Morgan fingerprint density at radius 1 is 1.56 bits per heavy atom. The van der Waals surface area contributed by atoms with E-state index in [9.17, 15) is 5.11 Å². The number of rotatable bonds is 1. The van der Waals surface area contributed by atoms with Crippen molar-refractivity contribution in [1.82, 2.24) is 4.90 Å². The third-order valence-corrected chi connectivity index (χ3v) is 4.32. The molecular weight excluding hydrogens is 134 g/mol. The molecule has 2 atom stereocenters. The van der Waals surface area contributed by atoms with Gasteiger partial charge in [-0.2, -0.15) is 11.8 Å². The first-order chi connectivity index (χ1) is 4.33. The third-order valence-electron chi connectivity index (χ3n) is 2.68. The van der Waals surface area contributed by atoms with E-state index in [2.05, 4.69) is 4.90 Å². The highest BCUT2D eigenvalue weighted by Crippen LogP contribution is 2.59. The normalized spacial score (nSPS) is 68.3. The summed E-state index contributed by atoms with van der Waals surface area (Å²) < 4.78 is 0. The van der Waals surface area contributed by atoms with Crippen LogP contribution in [0.25, 0.3) is 0 Å². The Kier molecular flexibility index (Phi) is 0.653. The summed E-state index contributed by atoms with van der Waals surface area (Å²) in [5, 5.41) is 9.84. The van der Waals surface area contributed by atoms with E-state index in [0.717, 1.165) is 5.75 Å². The van der Waals surface area contributed by atoms with Gasteiger partial charge in [0.1, 0.15) is 0 Å². The minimum atomic E-state index is 0.0162. The first-order valence-corrected chi connectivity index (χ1v) is 4.42. The zero-order valence-electron chi connectivity index (χ0n) is 5.08. The molecule has 0 aromatic carbocycles. The molecule has 0 aliphatic carbocycles. The average Bonchev–Trinajstić information content (AvgIpc) is 2.49. The number of hydrogen-bond acceptors (Lipinski definition) is 3. The summed E-state index contributed by atoms with van der Waals surface area (Å²) >= 11 is 1.93. The molecule has 9 heavy (non-hydrogen) atoms. The molecule has 50 valence electrons. The van der Waals surface area contributed by atoms with Gasteiger partial charge in [0.05, 0.1) is 16.9 Å². The number of thioether (sulfide) groups is 1. The molecule has 3 rings (SSSR count). The van der Waals surface area contributed by atoms with Crippen molar-refractivity contribution in [1.29, 1.82) is 0 Å². The summed E-state index contributed by atoms with van der Waals surface area (Å²) in [5.74, 6) is 0.972. The Bertz CT molecular complexity index is 166. The number of nitrogens with zero attached hydrogens (tertiary/aromatic N) is 1. The SMILES string of the molecule is OC1CSC1C12CN1C2. The highest BCUT2D eigenvalue weighted by molar-refractivity contribution is 8.01. The molecule has 0 aromatic heterocycles. The summed E-state index contributed by atoms with van der Waals surface area (Å²) in [6, 6.07) is 0. The van der Waals surface area contributed by atoms with E-state index in [-0.39, 0.29) is 6.10 Å². The number of hydrogen-bond donors (Lipinski definition) is 1. The van der Waals surface area contributed by atoms with E-state index in [4.69, 9.17) is 0 Å². The molecule has 0 radical (unpaired) electrons. The molecule has 0 bridgehead atoms. The van der Waals surface area contributed by atoms with Crippen LogP contribution in [-0.4, -0.2) is 45.7 Å². The molecule has 3 fully saturated rings. The molecule has 2 unspecified atom stereocenters. The van der Waals surface area contributed by atoms with Gasteiger partial charge < -0.3 is 5.11 Å². The van der Waals surface area contributed by atoms with Crippen molar-refractivity contribution in [2.75, 3.05) is 18.8 Å². The van der Waals surface area contributed by atoms with Gasteiger partial charge in [-0.05, 0) is 0 Å². The average molecular weight is 143 g/mol.